The molecule has 1 amide bonds. The zero-order valence-corrected chi connectivity index (χ0v) is 16.2. The number of aromatic nitrogens is 4. The maximum atomic E-state index is 12.4. The van der Waals surface area contributed by atoms with Crippen LogP contribution in [0.3, 0.4) is 0 Å². The molecule has 0 saturated carbocycles. The van der Waals surface area contributed by atoms with E-state index < -0.39 is 0 Å². The minimum Gasteiger partial charge on any atom is -0.350 e. The van der Waals surface area contributed by atoms with Crippen molar-refractivity contribution in [1.82, 2.24) is 25.1 Å². The van der Waals surface area contributed by atoms with Crippen LogP contribution < -0.4 is 5.32 Å². The number of H-pyrrole nitrogens is 1. The summed E-state index contributed by atoms with van der Waals surface area (Å²) in [5.41, 5.74) is 6.58. The number of benzene rings is 2. The second-order valence-electron chi connectivity index (χ2n) is 7.45. The molecule has 0 aliphatic heterocycles. The van der Waals surface area contributed by atoms with Gasteiger partial charge >= 0.3 is 0 Å². The molecule has 0 atom stereocenters. The van der Waals surface area contributed by atoms with Crippen molar-refractivity contribution in [3.8, 4) is 5.69 Å². The van der Waals surface area contributed by atoms with Crippen molar-refractivity contribution in [2.75, 3.05) is 0 Å². The van der Waals surface area contributed by atoms with E-state index >= 15 is 0 Å². The van der Waals surface area contributed by atoms with Gasteiger partial charge < -0.3 is 10.3 Å². The van der Waals surface area contributed by atoms with Crippen molar-refractivity contribution in [2.45, 2.75) is 38.6 Å². The number of hydrogen-bond donors (Lipinski definition) is 2. The van der Waals surface area contributed by atoms with Gasteiger partial charge in [-0.3, -0.25) is 4.79 Å². The van der Waals surface area contributed by atoms with Crippen LogP contribution in [0.25, 0.3) is 16.7 Å². The number of aromatic amines is 1. The third-order valence-corrected chi connectivity index (χ3v) is 5.49. The Hall–Kier alpha value is -3.41. The number of fused-ring (bicyclic) bond motifs is 2. The molecular formula is C23H23N5O. The summed E-state index contributed by atoms with van der Waals surface area (Å²) in [6.07, 6.45) is 4.22. The van der Waals surface area contributed by atoms with Crippen LogP contribution in [0.15, 0.2) is 54.6 Å². The van der Waals surface area contributed by atoms with Crippen molar-refractivity contribution in [3.05, 3.63) is 77.4 Å². The monoisotopic (exact) mass is 385 g/mol. The summed E-state index contributed by atoms with van der Waals surface area (Å²) in [6, 6.07) is 18.1. The van der Waals surface area contributed by atoms with E-state index in [1.54, 1.807) is 0 Å². The third-order valence-electron chi connectivity index (χ3n) is 5.49. The van der Waals surface area contributed by atoms with Crippen LogP contribution in [0.5, 0.6) is 0 Å². The van der Waals surface area contributed by atoms with Crippen LogP contribution >= 0.6 is 0 Å². The number of carbonyl (C=O) groups excluding carboxylic acids is 1. The number of rotatable bonds is 6. The molecule has 4 aromatic rings. The summed E-state index contributed by atoms with van der Waals surface area (Å²) >= 11 is 0. The fourth-order valence-electron chi connectivity index (χ4n) is 4.07. The predicted molar refractivity (Wildman–Crippen MR) is 112 cm³/mol. The van der Waals surface area contributed by atoms with Crippen LogP contribution in [0, 0.1) is 0 Å². The molecule has 0 fully saturated rings. The number of imidazole rings is 1. The van der Waals surface area contributed by atoms with Gasteiger partial charge in [-0.1, -0.05) is 30.3 Å². The first-order valence-corrected chi connectivity index (χ1v) is 10.1. The third kappa shape index (κ3) is 3.53. The molecule has 2 heterocycles. The van der Waals surface area contributed by atoms with Gasteiger partial charge in [-0.25, -0.2) is 9.67 Å². The smallest absolute Gasteiger partial charge is 0.220 e. The molecule has 2 aromatic heterocycles. The number of nitrogens with one attached hydrogen (secondary N) is 2. The van der Waals surface area contributed by atoms with Crippen LogP contribution in [-0.4, -0.2) is 25.7 Å². The van der Waals surface area contributed by atoms with E-state index in [0.29, 0.717) is 19.4 Å². The van der Waals surface area contributed by atoms with Gasteiger partial charge in [-0.2, -0.15) is 5.10 Å². The molecule has 0 unspecified atom stereocenters. The molecule has 6 nitrogen and oxygen atoms in total. The van der Waals surface area contributed by atoms with E-state index in [-0.39, 0.29) is 5.91 Å². The maximum Gasteiger partial charge on any atom is 0.220 e. The Bertz CT molecular complexity index is 1130. The van der Waals surface area contributed by atoms with Crippen LogP contribution in [0.1, 0.15) is 35.6 Å². The van der Waals surface area contributed by atoms with E-state index in [9.17, 15) is 4.79 Å². The highest BCUT2D eigenvalue weighted by Gasteiger charge is 2.23. The van der Waals surface area contributed by atoms with E-state index in [4.69, 9.17) is 5.10 Å². The average Bonchev–Trinajstić information content (AvgIpc) is 3.46. The van der Waals surface area contributed by atoms with Gasteiger partial charge in [-0.15, -0.1) is 0 Å². The lowest BCUT2D eigenvalue weighted by Crippen LogP contribution is -2.24. The van der Waals surface area contributed by atoms with Gasteiger partial charge in [0.2, 0.25) is 5.91 Å². The number of hydrogen-bond acceptors (Lipinski definition) is 3. The second-order valence-corrected chi connectivity index (χ2v) is 7.45. The lowest BCUT2D eigenvalue weighted by atomic mass is 10.2. The Morgan fingerprint density at radius 1 is 1.07 bits per heavy atom. The normalized spacial score (nSPS) is 13.0. The number of aryl methyl sites for hydroxylation is 1. The van der Waals surface area contributed by atoms with Crippen LogP contribution in [0.4, 0.5) is 0 Å². The first-order chi connectivity index (χ1) is 14.3. The molecule has 0 spiro atoms. The minimum atomic E-state index is 0.0199. The second kappa shape index (κ2) is 7.54. The van der Waals surface area contributed by atoms with Crippen molar-refractivity contribution in [3.63, 3.8) is 0 Å². The van der Waals surface area contributed by atoms with Gasteiger partial charge in [0.25, 0.3) is 0 Å². The van der Waals surface area contributed by atoms with Crippen molar-refractivity contribution in [1.29, 1.82) is 0 Å². The molecule has 6 heteroatoms. The van der Waals surface area contributed by atoms with Crippen molar-refractivity contribution < 1.29 is 4.79 Å². The molecule has 1 aliphatic carbocycles. The fraction of sp³-hybridized carbons (Fsp3) is 0.261. The van der Waals surface area contributed by atoms with Gasteiger partial charge in [0.15, 0.2) is 0 Å². The number of amides is 1. The molecule has 0 saturated heterocycles. The first-order valence-electron chi connectivity index (χ1n) is 10.1. The summed E-state index contributed by atoms with van der Waals surface area (Å²) < 4.78 is 2.04. The van der Waals surface area contributed by atoms with Gasteiger partial charge in [-0.05, 0) is 49.1 Å². The minimum absolute atomic E-state index is 0.0199. The lowest BCUT2D eigenvalue weighted by Gasteiger charge is -2.05. The fourth-order valence-corrected chi connectivity index (χ4v) is 4.07. The summed E-state index contributed by atoms with van der Waals surface area (Å²) in [5, 5.41) is 7.85. The Kier molecular flexibility index (Phi) is 4.60. The Morgan fingerprint density at radius 2 is 1.90 bits per heavy atom. The molecular weight excluding hydrogens is 362 g/mol. The topological polar surface area (TPSA) is 75.6 Å². The highest BCUT2D eigenvalue weighted by atomic mass is 16.1. The highest BCUT2D eigenvalue weighted by Crippen LogP contribution is 2.27. The summed E-state index contributed by atoms with van der Waals surface area (Å²) in [4.78, 5) is 20.2. The molecule has 29 heavy (non-hydrogen) atoms. The highest BCUT2D eigenvalue weighted by molar-refractivity contribution is 5.77. The van der Waals surface area contributed by atoms with Gasteiger partial charge in [0.1, 0.15) is 5.82 Å². The quantitative estimate of drug-likeness (QED) is 0.533. The summed E-state index contributed by atoms with van der Waals surface area (Å²) in [5.74, 6) is 0.863. The molecule has 5 rings (SSSR count). The average molecular weight is 385 g/mol. The number of nitrogens with zero attached hydrogens (tertiary/aromatic N) is 3. The Balaban J connectivity index is 1.24. The zero-order chi connectivity index (χ0) is 19.6. The summed E-state index contributed by atoms with van der Waals surface area (Å²) in [7, 11) is 0. The van der Waals surface area contributed by atoms with Crippen LogP contribution in [-0.2, 0) is 30.6 Å². The maximum absolute atomic E-state index is 12.4. The molecule has 2 N–H and O–H groups in total. The number of carbonyl (C=O) groups is 1. The largest absolute Gasteiger partial charge is 0.350 e. The number of para-hydroxylation sites is 3. The predicted octanol–water partition coefficient (Wildman–Crippen LogP) is 3.49. The van der Waals surface area contributed by atoms with E-state index in [1.807, 2.05) is 47.1 Å². The molecule has 0 radical (unpaired) electrons. The molecule has 2 aromatic carbocycles. The van der Waals surface area contributed by atoms with E-state index in [0.717, 1.165) is 47.5 Å². The molecule has 146 valence electrons. The van der Waals surface area contributed by atoms with E-state index in [2.05, 4.69) is 27.4 Å². The van der Waals surface area contributed by atoms with E-state index in [1.165, 1.54) is 11.3 Å². The van der Waals surface area contributed by atoms with Crippen molar-refractivity contribution in [2.24, 2.45) is 0 Å². The Labute approximate surface area is 169 Å². The lowest BCUT2D eigenvalue weighted by molar-refractivity contribution is -0.121. The van der Waals surface area contributed by atoms with Crippen LogP contribution in [0.2, 0.25) is 0 Å². The van der Waals surface area contributed by atoms with Gasteiger partial charge in [0.05, 0.1) is 29.0 Å². The first kappa shape index (κ1) is 17.7. The SMILES string of the molecule is O=C(CCc1nc2ccccc2[nH]1)NCc1nn(-c2ccccc2)c2c1CCC2. The standard InChI is InChI=1S/C23H23N5O/c29-23(14-13-22-25-18-10-4-5-11-19(18)26-22)24-15-20-17-9-6-12-21(17)28(27-20)16-7-2-1-3-8-16/h1-5,7-8,10-11H,6,9,12-15H2,(H,24,29)(H,25,26). The molecule has 0 bridgehead atoms. The van der Waals surface area contributed by atoms with Crippen molar-refractivity contribution >= 4 is 16.9 Å². The summed E-state index contributed by atoms with van der Waals surface area (Å²) in [6.45, 7) is 0.473. The Morgan fingerprint density at radius 3 is 2.76 bits per heavy atom. The molecule has 1 aliphatic rings. The van der Waals surface area contributed by atoms with Gasteiger partial charge in [0, 0.05) is 18.5 Å². The zero-order valence-electron chi connectivity index (χ0n) is 16.2.